The molecule has 170 valence electrons. The molecule has 0 unspecified atom stereocenters. The quantitative estimate of drug-likeness (QED) is 0.514. The van der Waals surface area contributed by atoms with E-state index in [-0.39, 0.29) is 13.1 Å². The molecule has 1 saturated heterocycles. The minimum Gasteiger partial charge on any atom is -0.497 e. The highest BCUT2D eigenvalue weighted by molar-refractivity contribution is 7.89. The van der Waals surface area contributed by atoms with Crippen LogP contribution in [-0.2, 0) is 16.6 Å². The predicted octanol–water partition coefficient (Wildman–Crippen LogP) is 2.67. The molecule has 0 atom stereocenters. The first-order valence-corrected chi connectivity index (χ1v) is 11.1. The van der Waals surface area contributed by atoms with Crippen molar-refractivity contribution in [3.8, 4) is 17.1 Å². The highest BCUT2D eigenvalue weighted by atomic mass is 32.2. The molecule has 2 heterocycles. The SMILES string of the molecule is COc1ccc(-c2noc(CN3CCN(S(=O)(=O)c4ccc(F)c(F)c4F)CC3)n2)cc1. The third kappa shape index (κ3) is 4.33. The van der Waals surface area contributed by atoms with E-state index in [2.05, 4.69) is 10.1 Å². The Balaban J connectivity index is 1.39. The average Bonchev–Trinajstić information content (AvgIpc) is 3.26. The van der Waals surface area contributed by atoms with Crippen LogP contribution < -0.4 is 4.74 Å². The van der Waals surface area contributed by atoms with Gasteiger partial charge in [-0.3, -0.25) is 4.90 Å². The Morgan fingerprint density at radius 2 is 1.69 bits per heavy atom. The fourth-order valence-corrected chi connectivity index (χ4v) is 4.82. The van der Waals surface area contributed by atoms with Gasteiger partial charge in [0.25, 0.3) is 0 Å². The zero-order valence-electron chi connectivity index (χ0n) is 17.0. The Morgan fingerprint density at radius 1 is 1.00 bits per heavy atom. The van der Waals surface area contributed by atoms with E-state index in [1.54, 1.807) is 31.4 Å². The maximum Gasteiger partial charge on any atom is 0.246 e. The fraction of sp³-hybridized carbons (Fsp3) is 0.300. The molecule has 1 fully saturated rings. The number of hydrogen-bond donors (Lipinski definition) is 0. The fourth-order valence-electron chi connectivity index (χ4n) is 3.34. The Bertz CT molecular complexity index is 1210. The standard InChI is InChI=1S/C20H19F3N4O4S/c1-30-14-4-2-13(3-5-14)20-24-17(31-25-20)12-26-8-10-27(11-9-26)32(28,29)16-7-6-15(21)18(22)19(16)23/h2-7H,8-12H2,1H3. The second-order valence-electron chi connectivity index (χ2n) is 7.09. The normalized spacial score (nSPS) is 15.8. The molecule has 0 bridgehead atoms. The van der Waals surface area contributed by atoms with Crippen molar-refractivity contribution in [3.05, 3.63) is 59.7 Å². The second-order valence-corrected chi connectivity index (χ2v) is 9.00. The Labute approximate surface area is 182 Å². The van der Waals surface area contributed by atoms with Crippen molar-refractivity contribution >= 4 is 10.0 Å². The lowest BCUT2D eigenvalue weighted by atomic mass is 10.2. The number of halogens is 3. The summed E-state index contributed by atoms with van der Waals surface area (Å²) in [6.07, 6.45) is 0. The smallest absolute Gasteiger partial charge is 0.246 e. The van der Waals surface area contributed by atoms with Crippen LogP contribution in [0.3, 0.4) is 0 Å². The third-order valence-electron chi connectivity index (χ3n) is 5.12. The molecular weight excluding hydrogens is 449 g/mol. The number of hydrogen-bond acceptors (Lipinski definition) is 7. The molecule has 3 aromatic rings. The van der Waals surface area contributed by atoms with E-state index < -0.39 is 32.4 Å². The Hall–Kier alpha value is -2.96. The highest BCUT2D eigenvalue weighted by Gasteiger charge is 2.32. The molecule has 0 saturated carbocycles. The van der Waals surface area contributed by atoms with Gasteiger partial charge in [-0.25, -0.2) is 21.6 Å². The Morgan fingerprint density at radius 3 is 2.34 bits per heavy atom. The van der Waals surface area contributed by atoms with E-state index in [0.29, 0.717) is 43.2 Å². The molecular formula is C20H19F3N4O4S. The van der Waals surface area contributed by atoms with Crippen LogP contribution >= 0.6 is 0 Å². The number of ether oxygens (including phenoxy) is 1. The number of piperazine rings is 1. The van der Waals surface area contributed by atoms with E-state index >= 15 is 0 Å². The lowest BCUT2D eigenvalue weighted by Crippen LogP contribution is -2.48. The average molecular weight is 468 g/mol. The van der Waals surface area contributed by atoms with E-state index in [0.717, 1.165) is 15.9 Å². The maximum absolute atomic E-state index is 14.0. The van der Waals surface area contributed by atoms with E-state index in [4.69, 9.17) is 9.26 Å². The minimum absolute atomic E-state index is 0.0419. The molecule has 0 N–H and O–H groups in total. The lowest BCUT2D eigenvalue weighted by molar-refractivity contribution is 0.163. The van der Waals surface area contributed by atoms with E-state index in [1.807, 2.05) is 4.90 Å². The summed E-state index contributed by atoms with van der Waals surface area (Å²) in [5.41, 5.74) is 0.755. The summed E-state index contributed by atoms with van der Waals surface area (Å²) in [5, 5.41) is 3.96. The van der Waals surface area contributed by atoms with Gasteiger partial charge in [-0.1, -0.05) is 5.16 Å². The monoisotopic (exact) mass is 468 g/mol. The van der Waals surface area contributed by atoms with Gasteiger partial charge >= 0.3 is 0 Å². The van der Waals surface area contributed by atoms with Gasteiger partial charge in [-0.05, 0) is 36.4 Å². The molecule has 0 aliphatic carbocycles. The van der Waals surface area contributed by atoms with Crippen LogP contribution in [-0.4, -0.2) is 61.1 Å². The van der Waals surface area contributed by atoms with Gasteiger partial charge in [0, 0.05) is 31.7 Å². The van der Waals surface area contributed by atoms with Gasteiger partial charge in [-0.15, -0.1) is 0 Å². The number of rotatable bonds is 6. The highest BCUT2D eigenvalue weighted by Crippen LogP contribution is 2.25. The first-order chi connectivity index (χ1) is 15.3. The molecule has 12 heteroatoms. The van der Waals surface area contributed by atoms with Gasteiger partial charge in [-0.2, -0.15) is 9.29 Å². The van der Waals surface area contributed by atoms with Gasteiger partial charge in [0.1, 0.15) is 10.6 Å². The van der Waals surface area contributed by atoms with Gasteiger partial charge in [0.05, 0.1) is 13.7 Å². The van der Waals surface area contributed by atoms with Crippen molar-refractivity contribution in [1.82, 2.24) is 19.3 Å². The maximum atomic E-state index is 14.0. The first-order valence-electron chi connectivity index (χ1n) is 9.62. The predicted molar refractivity (Wildman–Crippen MR) is 107 cm³/mol. The largest absolute Gasteiger partial charge is 0.497 e. The third-order valence-corrected chi connectivity index (χ3v) is 7.04. The summed E-state index contributed by atoms with van der Waals surface area (Å²) in [7, 11) is -2.73. The molecule has 1 aliphatic rings. The summed E-state index contributed by atoms with van der Waals surface area (Å²) in [6.45, 7) is 1.01. The van der Waals surface area contributed by atoms with Crippen LogP contribution in [0.25, 0.3) is 11.4 Å². The summed E-state index contributed by atoms with van der Waals surface area (Å²) in [5.74, 6) is -3.50. The van der Waals surface area contributed by atoms with Crippen LogP contribution in [0.15, 0.2) is 45.8 Å². The zero-order chi connectivity index (χ0) is 22.9. The number of benzene rings is 2. The molecule has 0 spiro atoms. The molecule has 32 heavy (non-hydrogen) atoms. The van der Waals surface area contributed by atoms with Crippen molar-refractivity contribution in [2.75, 3.05) is 33.3 Å². The lowest BCUT2D eigenvalue weighted by Gasteiger charge is -2.33. The van der Waals surface area contributed by atoms with Crippen molar-refractivity contribution < 1.29 is 30.8 Å². The van der Waals surface area contributed by atoms with E-state index in [9.17, 15) is 21.6 Å². The molecule has 1 aliphatic heterocycles. The molecule has 1 aromatic heterocycles. The van der Waals surface area contributed by atoms with Crippen molar-refractivity contribution in [2.45, 2.75) is 11.4 Å². The summed E-state index contributed by atoms with van der Waals surface area (Å²) >= 11 is 0. The number of methoxy groups -OCH3 is 1. The van der Waals surface area contributed by atoms with Crippen molar-refractivity contribution in [2.24, 2.45) is 0 Å². The molecule has 0 amide bonds. The van der Waals surface area contributed by atoms with Gasteiger partial charge in [0.2, 0.25) is 21.7 Å². The van der Waals surface area contributed by atoms with Gasteiger partial charge in [0.15, 0.2) is 17.5 Å². The Kier molecular flexibility index (Phi) is 6.17. The number of sulfonamides is 1. The number of aromatic nitrogens is 2. The minimum atomic E-state index is -4.30. The van der Waals surface area contributed by atoms with Crippen LogP contribution in [0.2, 0.25) is 0 Å². The van der Waals surface area contributed by atoms with Crippen LogP contribution in [0.4, 0.5) is 13.2 Å². The summed E-state index contributed by atoms with van der Waals surface area (Å²) in [4.78, 5) is 5.37. The van der Waals surface area contributed by atoms with Crippen molar-refractivity contribution in [3.63, 3.8) is 0 Å². The van der Waals surface area contributed by atoms with Crippen LogP contribution in [0.1, 0.15) is 5.89 Å². The molecule has 4 rings (SSSR count). The second kappa shape index (κ2) is 8.88. The molecule has 0 radical (unpaired) electrons. The van der Waals surface area contributed by atoms with E-state index in [1.165, 1.54) is 0 Å². The molecule has 2 aromatic carbocycles. The zero-order valence-corrected chi connectivity index (χ0v) is 17.8. The van der Waals surface area contributed by atoms with Crippen LogP contribution in [0.5, 0.6) is 5.75 Å². The summed E-state index contributed by atoms with van der Waals surface area (Å²) < 4.78 is 77.4. The number of nitrogens with zero attached hydrogens (tertiary/aromatic N) is 4. The van der Waals surface area contributed by atoms with Crippen molar-refractivity contribution in [1.29, 1.82) is 0 Å². The molecule has 8 nitrogen and oxygen atoms in total. The van der Waals surface area contributed by atoms with Gasteiger partial charge < -0.3 is 9.26 Å². The van der Waals surface area contributed by atoms with Crippen LogP contribution in [0, 0.1) is 17.5 Å². The summed E-state index contributed by atoms with van der Waals surface area (Å²) in [6, 6.07) is 8.48. The first kappa shape index (κ1) is 22.2. The topological polar surface area (TPSA) is 88.8 Å².